The van der Waals surface area contributed by atoms with Gasteiger partial charge in [-0.15, -0.1) is 10.2 Å². The average Bonchev–Trinajstić information content (AvgIpc) is 2.49. The van der Waals surface area contributed by atoms with Crippen LogP contribution in [0, 0.1) is 0 Å². The molecule has 1 aromatic rings. The summed E-state index contributed by atoms with van der Waals surface area (Å²) < 4.78 is 2.11. The summed E-state index contributed by atoms with van der Waals surface area (Å²) >= 11 is 0. The summed E-state index contributed by atoms with van der Waals surface area (Å²) in [6, 6.07) is 0.454. The van der Waals surface area contributed by atoms with Gasteiger partial charge in [-0.25, -0.2) is 0 Å². The molecule has 1 rings (SSSR count). The number of nitrogens with one attached hydrogen (secondary N) is 1. The molecule has 86 valence electrons. The third-order valence-corrected chi connectivity index (χ3v) is 2.24. The van der Waals surface area contributed by atoms with Crippen LogP contribution >= 0.6 is 0 Å². The minimum Gasteiger partial charge on any atom is -0.350 e. The quantitative estimate of drug-likeness (QED) is 0.831. The molecule has 4 nitrogen and oxygen atoms in total. The van der Waals surface area contributed by atoms with Gasteiger partial charge in [-0.3, -0.25) is 4.57 Å². The van der Waals surface area contributed by atoms with Crippen molar-refractivity contribution in [1.29, 1.82) is 0 Å². The molecular formula is C11H22N4. The molecule has 0 aliphatic carbocycles. The molecular weight excluding hydrogens is 188 g/mol. The van der Waals surface area contributed by atoms with Crippen LogP contribution in [0.4, 0.5) is 5.95 Å². The van der Waals surface area contributed by atoms with Crippen molar-refractivity contribution in [2.24, 2.45) is 0 Å². The molecule has 1 N–H and O–H groups in total. The predicted molar refractivity (Wildman–Crippen MR) is 63.0 cm³/mol. The molecule has 1 unspecified atom stereocenters. The van der Waals surface area contributed by atoms with E-state index < -0.39 is 0 Å². The van der Waals surface area contributed by atoms with Crippen molar-refractivity contribution < 1.29 is 0 Å². The standard InChI is InChI=1S/C11H22N4/c1-6-7-9(2)15-8-12-14-10(15)13-11(3,4)5/h8-9H,6-7H2,1-5H3,(H,13,14). The van der Waals surface area contributed by atoms with Gasteiger partial charge in [0.1, 0.15) is 6.33 Å². The molecule has 1 heterocycles. The Kier molecular flexibility index (Phi) is 3.72. The monoisotopic (exact) mass is 210 g/mol. The fourth-order valence-corrected chi connectivity index (χ4v) is 1.55. The largest absolute Gasteiger partial charge is 0.350 e. The van der Waals surface area contributed by atoms with Gasteiger partial charge in [0.25, 0.3) is 0 Å². The van der Waals surface area contributed by atoms with Crippen LogP contribution in [-0.4, -0.2) is 20.3 Å². The van der Waals surface area contributed by atoms with E-state index in [1.54, 1.807) is 6.33 Å². The molecule has 0 fully saturated rings. The Bertz CT molecular complexity index is 298. The van der Waals surface area contributed by atoms with E-state index in [0.29, 0.717) is 6.04 Å². The summed E-state index contributed by atoms with van der Waals surface area (Å²) in [6.07, 6.45) is 4.12. The molecule has 0 amide bonds. The van der Waals surface area contributed by atoms with Gasteiger partial charge < -0.3 is 5.32 Å². The number of hydrogen-bond acceptors (Lipinski definition) is 3. The summed E-state index contributed by atoms with van der Waals surface area (Å²) in [4.78, 5) is 0. The van der Waals surface area contributed by atoms with Crippen LogP contribution in [0.3, 0.4) is 0 Å². The van der Waals surface area contributed by atoms with Gasteiger partial charge in [-0.1, -0.05) is 13.3 Å². The molecule has 1 aromatic heterocycles. The lowest BCUT2D eigenvalue weighted by Gasteiger charge is -2.23. The SMILES string of the molecule is CCCC(C)n1cnnc1NC(C)(C)C. The van der Waals surface area contributed by atoms with Gasteiger partial charge >= 0.3 is 0 Å². The Hall–Kier alpha value is -1.06. The van der Waals surface area contributed by atoms with Gasteiger partial charge in [0, 0.05) is 11.6 Å². The van der Waals surface area contributed by atoms with Crippen molar-refractivity contribution >= 4 is 5.95 Å². The highest BCUT2D eigenvalue weighted by Gasteiger charge is 2.16. The topological polar surface area (TPSA) is 42.7 Å². The number of rotatable bonds is 4. The molecule has 0 aromatic carbocycles. The second-order valence-corrected chi connectivity index (χ2v) is 5.07. The molecule has 1 atom stereocenters. The molecule has 0 bridgehead atoms. The zero-order valence-electron chi connectivity index (χ0n) is 10.4. The summed E-state index contributed by atoms with van der Waals surface area (Å²) in [7, 11) is 0. The van der Waals surface area contributed by atoms with E-state index in [1.807, 2.05) is 0 Å². The first-order valence-corrected chi connectivity index (χ1v) is 5.61. The van der Waals surface area contributed by atoms with E-state index in [1.165, 1.54) is 6.42 Å². The zero-order valence-corrected chi connectivity index (χ0v) is 10.4. The van der Waals surface area contributed by atoms with Crippen LogP contribution in [-0.2, 0) is 0 Å². The van der Waals surface area contributed by atoms with Crippen molar-refractivity contribution in [1.82, 2.24) is 14.8 Å². The lowest BCUT2D eigenvalue weighted by molar-refractivity contribution is 0.495. The Morgan fingerprint density at radius 1 is 1.47 bits per heavy atom. The van der Waals surface area contributed by atoms with E-state index in [9.17, 15) is 0 Å². The third-order valence-electron chi connectivity index (χ3n) is 2.24. The first-order valence-electron chi connectivity index (χ1n) is 5.61. The maximum absolute atomic E-state index is 4.11. The molecule has 0 aliphatic heterocycles. The van der Waals surface area contributed by atoms with Gasteiger partial charge in [-0.2, -0.15) is 0 Å². The minimum absolute atomic E-state index is 0.0245. The van der Waals surface area contributed by atoms with Crippen molar-refractivity contribution in [3.8, 4) is 0 Å². The smallest absolute Gasteiger partial charge is 0.225 e. The number of hydrogen-bond donors (Lipinski definition) is 1. The fraction of sp³-hybridized carbons (Fsp3) is 0.818. The number of aromatic nitrogens is 3. The first kappa shape index (κ1) is 12.0. The zero-order chi connectivity index (χ0) is 11.5. The fourth-order valence-electron chi connectivity index (χ4n) is 1.55. The lowest BCUT2D eigenvalue weighted by Crippen LogP contribution is -2.28. The highest BCUT2D eigenvalue weighted by Crippen LogP contribution is 2.19. The summed E-state index contributed by atoms with van der Waals surface area (Å²) in [5.41, 5.74) is 0.0245. The summed E-state index contributed by atoms with van der Waals surface area (Å²) in [6.45, 7) is 10.8. The van der Waals surface area contributed by atoms with Gasteiger partial charge in [0.15, 0.2) is 0 Å². The Balaban J connectivity index is 2.77. The molecule has 4 heteroatoms. The average molecular weight is 210 g/mol. The van der Waals surface area contributed by atoms with Crippen LogP contribution in [0.1, 0.15) is 53.5 Å². The van der Waals surface area contributed by atoms with Crippen molar-refractivity contribution in [3.63, 3.8) is 0 Å². The van der Waals surface area contributed by atoms with E-state index >= 15 is 0 Å². The predicted octanol–water partition coefficient (Wildman–Crippen LogP) is 2.85. The second-order valence-electron chi connectivity index (χ2n) is 5.07. The van der Waals surface area contributed by atoms with Gasteiger partial charge in [0.05, 0.1) is 0 Å². The van der Waals surface area contributed by atoms with E-state index in [4.69, 9.17) is 0 Å². The normalized spacial score (nSPS) is 13.9. The highest BCUT2D eigenvalue weighted by molar-refractivity contribution is 5.27. The molecule has 0 radical (unpaired) electrons. The molecule has 0 aliphatic rings. The number of nitrogens with zero attached hydrogens (tertiary/aromatic N) is 3. The molecule has 0 spiro atoms. The molecule has 0 saturated carbocycles. The third kappa shape index (κ3) is 3.53. The van der Waals surface area contributed by atoms with E-state index in [2.05, 4.69) is 54.7 Å². The lowest BCUT2D eigenvalue weighted by atomic mass is 10.1. The molecule has 15 heavy (non-hydrogen) atoms. The minimum atomic E-state index is 0.0245. The van der Waals surface area contributed by atoms with Crippen LogP contribution in [0.5, 0.6) is 0 Å². The maximum atomic E-state index is 4.11. The van der Waals surface area contributed by atoms with Crippen LogP contribution < -0.4 is 5.32 Å². The second kappa shape index (κ2) is 4.64. The van der Waals surface area contributed by atoms with E-state index in [-0.39, 0.29) is 5.54 Å². The van der Waals surface area contributed by atoms with Gasteiger partial charge in [0.2, 0.25) is 5.95 Å². The number of anilines is 1. The molecule has 0 saturated heterocycles. The van der Waals surface area contributed by atoms with Crippen LogP contribution in [0.15, 0.2) is 6.33 Å². The van der Waals surface area contributed by atoms with Crippen molar-refractivity contribution in [3.05, 3.63) is 6.33 Å². The maximum Gasteiger partial charge on any atom is 0.225 e. The van der Waals surface area contributed by atoms with Gasteiger partial charge in [-0.05, 0) is 34.1 Å². The van der Waals surface area contributed by atoms with E-state index in [0.717, 1.165) is 12.4 Å². The summed E-state index contributed by atoms with van der Waals surface area (Å²) in [5, 5.41) is 11.4. The van der Waals surface area contributed by atoms with Crippen LogP contribution in [0.25, 0.3) is 0 Å². The first-order chi connectivity index (χ1) is 6.94. The Morgan fingerprint density at radius 2 is 2.13 bits per heavy atom. The van der Waals surface area contributed by atoms with Crippen molar-refractivity contribution in [2.45, 2.75) is 59.0 Å². The van der Waals surface area contributed by atoms with Crippen LogP contribution in [0.2, 0.25) is 0 Å². The highest BCUT2D eigenvalue weighted by atomic mass is 15.3. The summed E-state index contributed by atoms with van der Waals surface area (Å²) in [5.74, 6) is 0.864. The Labute approximate surface area is 92.1 Å². The van der Waals surface area contributed by atoms with Crippen molar-refractivity contribution in [2.75, 3.05) is 5.32 Å². The Morgan fingerprint density at radius 3 is 2.67 bits per heavy atom.